The fourth-order valence-corrected chi connectivity index (χ4v) is 4.45. The lowest BCUT2D eigenvalue weighted by atomic mass is 9.73. The number of pyridine rings is 2. The van der Waals surface area contributed by atoms with Gasteiger partial charge in [0.2, 0.25) is 5.91 Å². The Labute approximate surface area is 165 Å². The molecule has 2 aliphatic rings. The minimum Gasteiger partial charge on any atom is -0.356 e. The van der Waals surface area contributed by atoms with Crippen LogP contribution in [0.5, 0.6) is 0 Å². The molecule has 28 heavy (non-hydrogen) atoms. The van der Waals surface area contributed by atoms with Gasteiger partial charge in [0.15, 0.2) is 5.78 Å². The van der Waals surface area contributed by atoms with Crippen LogP contribution in [-0.4, -0.2) is 46.2 Å². The number of hydrogen-bond donors (Lipinski definition) is 0. The molecular formula is C22H26N4O2. The Morgan fingerprint density at radius 3 is 2.75 bits per heavy atom. The Bertz CT molecular complexity index is 853. The number of rotatable bonds is 4. The maximum absolute atomic E-state index is 12.5. The number of carbonyl (C=O) groups excluding carboxylic acids is 2. The molecule has 0 radical (unpaired) electrons. The van der Waals surface area contributed by atoms with Gasteiger partial charge >= 0.3 is 0 Å². The van der Waals surface area contributed by atoms with E-state index in [1.165, 1.54) is 0 Å². The Morgan fingerprint density at radius 1 is 1.14 bits per heavy atom. The van der Waals surface area contributed by atoms with Gasteiger partial charge in [-0.25, -0.2) is 4.98 Å². The fourth-order valence-electron chi connectivity index (χ4n) is 4.45. The van der Waals surface area contributed by atoms with Crippen molar-refractivity contribution in [3.05, 3.63) is 54.0 Å². The lowest BCUT2D eigenvalue weighted by molar-refractivity contribution is -0.138. The summed E-state index contributed by atoms with van der Waals surface area (Å²) in [6.45, 7) is 4.76. The number of hydrogen-bond acceptors (Lipinski definition) is 5. The highest BCUT2D eigenvalue weighted by Crippen LogP contribution is 2.40. The topological polar surface area (TPSA) is 66.4 Å². The zero-order valence-corrected chi connectivity index (χ0v) is 16.3. The second-order valence-corrected chi connectivity index (χ2v) is 8.06. The fraction of sp³-hybridized carbons (Fsp3) is 0.455. The van der Waals surface area contributed by atoms with E-state index in [4.69, 9.17) is 0 Å². The van der Waals surface area contributed by atoms with Gasteiger partial charge < -0.3 is 9.80 Å². The summed E-state index contributed by atoms with van der Waals surface area (Å²) in [5.41, 5.74) is 1.67. The van der Waals surface area contributed by atoms with Gasteiger partial charge in [0, 0.05) is 49.4 Å². The molecule has 4 heterocycles. The van der Waals surface area contributed by atoms with E-state index in [-0.39, 0.29) is 17.1 Å². The third-order valence-corrected chi connectivity index (χ3v) is 5.97. The van der Waals surface area contributed by atoms with E-state index in [0.29, 0.717) is 18.5 Å². The van der Waals surface area contributed by atoms with Gasteiger partial charge in [-0.3, -0.25) is 14.6 Å². The number of ketones is 1. The van der Waals surface area contributed by atoms with Crippen LogP contribution in [0.15, 0.2) is 42.7 Å². The smallest absolute Gasteiger partial charge is 0.222 e. The van der Waals surface area contributed by atoms with Gasteiger partial charge in [-0.1, -0.05) is 6.07 Å². The van der Waals surface area contributed by atoms with Crippen LogP contribution in [0.25, 0.3) is 0 Å². The number of anilines is 1. The molecule has 2 aromatic heterocycles. The largest absolute Gasteiger partial charge is 0.356 e. The number of Topliss-reactive ketones (excluding diaryl/α,β-unsaturated/α-hetero) is 1. The molecule has 1 spiro atoms. The lowest BCUT2D eigenvalue weighted by Gasteiger charge is -2.48. The molecule has 6 nitrogen and oxygen atoms in total. The van der Waals surface area contributed by atoms with Gasteiger partial charge in [0.25, 0.3) is 0 Å². The number of nitrogens with zero attached hydrogens (tertiary/aromatic N) is 4. The summed E-state index contributed by atoms with van der Waals surface area (Å²) in [4.78, 5) is 37.2. The predicted molar refractivity (Wildman–Crippen MR) is 107 cm³/mol. The van der Waals surface area contributed by atoms with Crippen LogP contribution in [0.2, 0.25) is 0 Å². The molecule has 0 aromatic carbocycles. The van der Waals surface area contributed by atoms with Crippen molar-refractivity contribution in [3.63, 3.8) is 0 Å². The van der Waals surface area contributed by atoms with Crippen LogP contribution in [0.3, 0.4) is 0 Å². The zero-order chi connectivity index (χ0) is 19.6. The normalized spacial score (nSPS) is 22.5. The van der Waals surface area contributed by atoms with Crippen LogP contribution in [0, 0.1) is 5.41 Å². The van der Waals surface area contributed by atoms with E-state index in [9.17, 15) is 9.59 Å². The predicted octanol–water partition coefficient (Wildman–Crippen LogP) is 3.09. The molecule has 146 valence electrons. The highest BCUT2D eigenvalue weighted by Gasteiger charge is 2.42. The SMILES string of the molecule is CC(=O)c1ccc(N2CCC[C@]3(CCC(=O)N(Cc4ccccn4)C3)C2)nc1. The molecule has 0 aliphatic carbocycles. The molecule has 0 N–H and O–H groups in total. The van der Waals surface area contributed by atoms with Crippen molar-refractivity contribution in [2.24, 2.45) is 5.41 Å². The molecule has 6 heteroatoms. The summed E-state index contributed by atoms with van der Waals surface area (Å²) in [5, 5.41) is 0. The van der Waals surface area contributed by atoms with Crippen LogP contribution >= 0.6 is 0 Å². The Morgan fingerprint density at radius 2 is 2.04 bits per heavy atom. The van der Waals surface area contributed by atoms with Gasteiger partial charge in [0.1, 0.15) is 5.82 Å². The van der Waals surface area contributed by atoms with E-state index in [1.54, 1.807) is 19.3 Å². The summed E-state index contributed by atoms with van der Waals surface area (Å²) in [6, 6.07) is 9.62. The number of piperidine rings is 2. The second kappa shape index (κ2) is 7.70. The molecular weight excluding hydrogens is 352 g/mol. The Kier molecular flexibility index (Phi) is 5.11. The first-order valence-electron chi connectivity index (χ1n) is 9.94. The second-order valence-electron chi connectivity index (χ2n) is 8.06. The quantitative estimate of drug-likeness (QED) is 0.765. The van der Waals surface area contributed by atoms with Crippen LogP contribution in [0.1, 0.15) is 48.7 Å². The number of aromatic nitrogens is 2. The summed E-state index contributed by atoms with van der Waals surface area (Å²) in [7, 11) is 0. The Hall–Kier alpha value is -2.76. The number of likely N-dealkylation sites (tertiary alicyclic amines) is 1. The first-order valence-corrected chi connectivity index (χ1v) is 9.94. The van der Waals surface area contributed by atoms with Crippen molar-refractivity contribution in [2.75, 3.05) is 24.5 Å². The first kappa shape index (κ1) is 18.6. The molecule has 1 atom stereocenters. The standard InChI is InChI=1S/C22H26N4O2/c1-17(27)18-6-7-20(24-13-18)25-12-4-9-22(15-25)10-8-21(28)26(16-22)14-19-5-2-3-11-23-19/h2-3,5-7,11,13H,4,8-10,12,14-16H2,1H3/t22-/m0/s1. The summed E-state index contributed by atoms with van der Waals surface area (Å²) < 4.78 is 0. The van der Waals surface area contributed by atoms with Gasteiger partial charge in [-0.2, -0.15) is 0 Å². The number of amides is 1. The first-order chi connectivity index (χ1) is 13.5. The van der Waals surface area contributed by atoms with Crippen LogP contribution in [-0.2, 0) is 11.3 Å². The molecule has 0 unspecified atom stereocenters. The number of carbonyl (C=O) groups is 2. The molecule has 2 saturated heterocycles. The minimum atomic E-state index is 0.0325. The average molecular weight is 378 g/mol. The van der Waals surface area contributed by atoms with Crippen molar-refractivity contribution in [3.8, 4) is 0 Å². The molecule has 4 rings (SSSR count). The summed E-state index contributed by atoms with van der Waals surface area (Å²) in [6.07, 6.45) is 7.17. The summed E-state index contributed by atoms with van der Waals surface area (Å²) >= 11 is 0. The van der Waals surface area contributed by atoms with Gasteiger partial charge in [0.05, 0.1) is 12.2 Å². The molecule has 2 aromatic rings. The minimum absolute atomic E-state index is 0.0325. The van der Waals surface area contributed by atoms with Crippen molar-refractivity contribution < 1.29 is 9.59 Å². The maximum Gasteiger partial charge on any atom is 0.222 e. The molecule has 0 saturated carbocycles. The molecule has 2 fully saturated rings. The molecule has 1 amide bonds. The monoisotopic (exact) mass is 378 g/mol. The van der Waals surface area contributed by atoms with Crippen LogP contribution in [0.4, 0.5) is 5.82 Å². The van der Waals surface area contributed by atoms with Gasteiger partial charge in [-0.05, 0) is 50.5 Å². The lowest BCUT2D eigenvalue weighted by Crippen LogP contribution is -2.54. The maximum atomic E-state index is 12.5. The zero-order valence-electron chi connectivity index (χ0n) is 16.3. The van der Waals surface area contributed by atoms with Crippen molar-refractivity contribution >= 4 is 17.5 Å². The van der Waals surface area contributed by atoms with Crippen molar-refractivity contribution in [1.82, 2.24) is 14.9 Å². The highest BCUT2D eigenvalue weighted by molar-refractivity contribution is 5.93. The average Bonchev–Trinajstić information content (AvgIpc) is 2.72. The van der Waals surface area contributed by atoms with Crippen LogP contribution < -0.4 is 4.90 Å². The summed E-state index contributed by atoms with van der Waals surface area (Å²) in [5.74, 6) is 1.17. The van der Waals surface area contributed by atoms with E-state index in [0.717, 1.165) is 50.4 Å². The van der Waals surface area contributed by atoms with Gasteiger partial charge in [-0.15, -0.1) is 0 Å². The third-order valence-electron chi connectivity index (χ3n) is 5.97. The molecule has 0 bridgehead atoms. The van der Waals surface area contributed by atoms with Crippen molar-refractivity contribution in [2.45, 2.75) is 39.2 Å². The van der Waals surface area contributed by atoms with E-state index >= 15 is 0 Å². The third kappa shape index (κ3) is 3.91. The highest BCUT2D eigenvalue weighted by atomic mass is 16.2. The van der Waals surface area contributed by atoms with E-state index in [1.807, 2.05) is 35.2 Å². The van der Waals surface area contributed by atoms with Crippen molar-refractivity contribution in [1.29, 1.82) is 0 Å². The molecule has 2 aliphatic heterocycles. The van der Waals surface area contributed by atoms with E-state index in [2.05, 4.69) is 14.9 Å². The Balaban J connectivity index is 1.49. The van der Waals surface area contributed by atoms with E-state index < -0.39 is 0 Å².